The van der Waals surface area contributed by atoms with Crippen molar-refractivity contribution < 1.29 is 36.9 Å². The normalized spacial score (nSPS) is 18.4. The number of nitrogens with zero attached hydrogens (tertiary/aromatic N) is 4. The summed E-state index contributed by atoms with van der Waals surface area (Å²) >= 11 is 0. The van der Waals surface area contributed by atoms with Gasteiger partial charge in [-0.25, -0.2) is 4.68 Å². The Morgan fingerprint density at radius 1 is 1.13 bits per heavy atom. The Morgan fingerprint density at radius 2 is 1.83 bits per heavy atom. The van der Waals surface area contributed by atoms with Crippen molar-refractivity contribution in [3.05, 3.63) is 81.4 Å². The van der Waals surface area contributed by atoms with Gasteiger partial charge in [0.1, 0.15) is 16.8 Å². The Bertz CT molecular complexity index is 1840. The molecule has 4 aromatic rings. The number of benzene rings is 3. The highest BCUT2D eigenvalue weighted by molar-refractivity contribution is 8.22. The Kier molecular flexibility index (Phi) is 9.17. The summed E-state index contributed by atoms with van der Waals surface area (Å²) in [5.41, 5.74) is 3.16. The molecule has 0 amide bonds. The SMILES string of the molecule is CCn1nnc2c(C)c(C(c3ccc(C)c(CN4CC(C)Cc5ccc(C(F)(F)F)cc5S4(O)O)c3)C(C)(C)C(=O)O)cc(OC)c21. The molecule has 0 saturated heterocycles. The van der Waals surface area contributed by atoms with Gasteiger partial charge in [-0.2, -0.15) is 17.5 Å². The number of ether oxygens (including phenoxy) is 1. The van der Waals surface area contributed by atoms with Crippen LogP contribution in [-0.2, 0) is 30.5 Å². The molecule has 2 heterocycles. The summed E-state index contributed by atoms with van der Waals surface area (Å²) in [5.74, 6) is -1.29. The second kappa shape index (κ2) is 12.4. The van der Waals surface area contributed by atoms with E-state index >= 15 is 0 Å². The zero-order chi connectivity index (χ0) is 34.6. The van der Waals surface area contributed by atoms with E-state index in [1.807, 2.05) is 52.0 Å². The smallest absolute Gasteiger partial charge is 0.416 e. The number of aromatic nitrogens is 3. The molecule has 2 unspecified atom stereocenters. The van der Waals surface area contributed by atoms with Crippen LogP contribution in [0.2, 0.25) is 0 Å². The quantitative estimate of drug-likeness (QED) is 0.172. The molecule has 47 heavy (non-hydrogen) atoms. The third-order valence-corrected chi connectivity index (χ3v) is 11.3. The van der Waals surface area contributed by atoms with Crippen molar-refractivity contribution in [1.29, 1.82) is 0 Å². The van der Waals surface area contributed by atoms with Crippen LogP contribution in [0.1, 0.15) is 72.6 Å². The topological polar surface area (TPSA) is 121 Å². The van der Waals surface area contributed by atoms with Gasteiger partial charge in [-0.15, -0.1) is 15.9 Å². The van der Waals surface area contributed by atoms with Crippen LogP contribution >= 0.6 is 10.8 Å². The highest BCUT2D eigenvalue weighted by Gasteiger charge is 2.42. The molecule has 0 bridgehead atoms. The van der Waals surface area contributed by atoms with Crippen molar-refractivity contribution in [2.45, 2.75) is 78.0 Å². The molecule has 2 atom stereocenters. The monoisotopic (exact) mass is 674 g/mol. The fraction of sp³-hybridized carbons (Fsp3) is 0.441. The highest BCUT2D eigenvalue weighted by Crippen LogP contribution is 2.57. The Morgan fingerprint density at radius 3 is 2.45 bits per heavy atom. The van der Waals surface area contributed by atoms with E-state index in [9.17, 15) is 32.2 Å². The number of methoxy groups -OCH3 is 1. The van der Waals surface area contributed by atoms with Crippen LogP contribution in [0.5, 0.6) is 5.75 Å². The Labute approximate surface area is 273 Å². The summed E-state index contributed by atoms with van der Waals surface area (Å²) in [7, 11) is -2.27. The zero-order valence-corrected chi connectivity index (χ0v) is 28.3. The second-order valence-electron chi connectivity index (χ2n) is 13.0. The van der Waals surface area contributed by atoms with Gasteiger partial charge in [0, 0.05) is 25.6 Å². The van der Waals surface area contributed by atoms with E-state index in [4.69, 9.17) is 4.74 Å². The molecule has 3 aromatic carbocycles. The van der Waals surface area contributed by atoms with Crippen LogP contribution in [0.15, 0.2) is 47.4 Å². The average Bonchev–Trinajstić information content (AvgIpc) is 3.40. The largest absolute Gasteiger partial charge is 0.494 e. The van der Waals surface area contributed by atoms with Crippen molar-refractivity contribution in [2.24, 2.45) is 11.3 Å². The Hall–Kier alpha value is -3.65. The lowest BCUT2D eigenvalue weighted by Gasteiger charge is -2.43. The van der Waals surface area contributed by atoms with Crippen LogP contribution in [0.3, 0.4) is 0 Å². The number of aliphatic carboxylic acids is 1. The van der Waals surface area contributed by atoms with Crippen molar-refractivity contribution in [3.8, 4) is 5.75 Å². The first kappa shape index (κ1) is 34.7. The molecule has 0 spiro atoms. The number of fused-ring (bicyclic) bond motifs is 2. The van der Waals surface area contributed by atoms with Gasteiger partial charge in [0.15, 0.2) is 0 Å². The van der Waals surface area contributed by atoms with E-state index in [-0.39, 0.29) is 23.9 Å². The van der Waals surface area contributed by atoms with Gasteiger partial charge >= 0.3 is 12.1 Å². The maximum absolute atomic E-state index is 13.7. The summed E-state index contributed by atoms with van der Waals surface area (Å²) in [6.07, 6.45) is -4.25. The number of carbonyl (C=O) groups is 1. The number of alkyl halides is 3. The molecule has 0 fully saturated rings. The molecular weight excluding hydrogens is 633 g/mol. The maximum atomic E-state index is 13.7. The molecule has 5 rings (SSSR count). The first-order chi connectivity index (χ1) is 21.9. The van der Waals surface area contributed by atoms with Crippen LogP contribution in [0.25, 0.3) is 11.0 Å². The summed E-state index contributed by atoms with van der Waals surface area (Å²) in [6.45, 7) is 11.7. The van der Waals surface area contributed by atoms with E-state index in [1.165, 1.54) is 10.4 Å². The lowest BCUT2D eigenvalue weighted by atomic mass is 9.69. The van der Waals surface area contributed by atoms with Crippen molar-refractivity contribution in [1.82, 2.24) is 19.3 Å². The van der Waals surface area contributed by atoms with Crippen molar-refractivity contribution >= 4 is 27.8 Å². The third kappa shape index (κ3) is 6.21. The van der Waals surface area contributed by atoms with Gasteiger partial charge < -0.3 is 9.84 Å². The lowest BCUT2D eigenvalue weighted by molar-refractivity contribution is -0.147. The molecule has 0 radical (unpaired) electrons. The van der Waals surface area contributed by atoms with Gasteiger partial charge in [0.25, 0.3) is 0 Å². The van der Waals surface area contributed by atoms with Crippen LogP contribution in [0, 0.1) is 25.2 Å². The summed E-state index contributed by atoms with van der Waals surface area (Å²) < 4.78 is 73.1. The van der Waals surface area contributed by atoms with Gasteiger partial charge in [0.2, 0.25) is 0 Å². The standard InChI is InChI=1S/C34H41F3N4O5S/c1-8-41-31-27(46-7)16-26(21(4)30(31)38-39-41)29(33(5,6)32(42)43)23-10-9-20(3)24(14-23)18-40-17-19(2)13-22-11-12-25(34(35,36)37)15-28(22)47(40,44)45/h9-12,14-16,19,29,44-45H,8,13,17-18H2,1-7H3,(H,42,43). The van der Waals surface area contributed by atoms with E-state index in [2.05, 4.69) is 10.3 Å². The molecule has 3 N–H and O–H groups in total. The van der Waals surface area contributed by atoms with E-state index < -0.39 is 39.8 Å². The predicted molar refractivity (Wildman–Crippen MR) is 175 cm³/mol. The summed E-state index contributed by atoms with van der Waals surface area (Å²) in [6, 6.07) is 10.6. The van der Waals surface area contributed by atoms with Gasteiger partial charge in [-0.1, -0.05) is 36.4 Å². The minimum absolute atomic E-state index is 0.0222. The fourth-order valence-electron chi connectivity index (χ4n) is 6.62. The number of carboxylic acid groups (broad SMARTS) is 1. The molecule has 0 aliphatic carbocycles. The van der Waals surface area contributed by atoms with E-state index in [0.717, 1.165) is 23.3 Å². The molecule has 0 saturated carbocycles. The van der Waals surface area contributed by atoms with Crippen molar-refractivity contribution in [3.63, 3.8) is 0 Å². The molecule has 1 aliphatic rings. The molecule has 1 aromatic heterocycles. The number of halogens is 3. The number of hydrogen-bond donors (Lipinski definition) is 3. The number of aryl methyl sites for hydroxylation is 3. The van der Waals surface area contributed by atoms with Gasteiger partial charge in [-0.05, 0) is 98.5 Å². The summed E-state index contributed by atoms with van der Waals surface area (Å²) in [5, 5.41) is 19.1. The minimum Gasteiger partial charge on any atom is -0.494 e. The number of carboxylic acids is 1. The molecule has 1 aliphatic heterocycles. The maximum Gasteiger partial charge on any atom is 0.416 e. The van der Waals surface area contributed by atoms with E-state index in [1.54, 1.807) is 25.6 Å². The fourth-order valence-corrected chi connectivity index (χ4v) is 8.47. The minimum atomic E-state index is -4.64. The van der Waals surface area contributed by atoms with Crippen LogP contribution in [-0.4, -0.2) is 53.1 Å². The summed E-state index contributed by atoms with van der Waals surface area (Å²) in [4.78, 5) is 12.7. The number of rotatable bonds is 8. The van der Waals surface area contributed by atoms with Crippen LogP contribution in [0.4, 0.5) is 13.2 Å². The Balaban J connectivity index is 1.64. The molecular formula is C34H41F3N4O5S. The average molecular weight is 675 g/mol. The third-order valence-electron chi connectivity index (χ3n) is 9.33. The highest BCUT2D eigenvalue weighted by atomic mass is 32.3. The predicted octanol–water partition coefficient (Wildman–Crippen LogP) is 8.06. The second-order valence-corrected chi connectivity index (χ2v) is 15.0. The van der Waals surface area contributed by atoms with Crippen molar-refractivity contribution in [2.75, 3.05) is 13.7 Å². The first-order valence-electron chi connectivity index (χ1n) is 15.4. The van der Waals surface area contributed by atoms with E-state index in [0.29, 0.717) is 52.0 Å². The molecule has 254 valence electrons. The van der Waals surface area contributed by atoms with Gasteiger partial charge in [0.05, 0.1) is 23.0 Å². The molecule has 13 heteroatoms. The van der Waals surface area contributed by atoms with Gasteiger partial charge in [-0.3, -0.25) is 13.9 Å². The zero-order valence-electron chi connectivity index (χ0n) is 27.5. The number of hydrogen-bond acceptors (Lipinski definition) is 7. The lowest BCUT2D eigenvalue weighted by Crippen LogP contribution is -2.33. The first-order valence-corrected chi connectivity index (χ1v) is 16.9. The van der Waals surface area contributed by atoms with Crippen LogP contribution < -0.4 is 4.74 Å². The molecule has 9 nitrogen and oxygen atoms in total.